The summed E-state index contributed by atoms with van der Waals surface area (Å²) in [7, 11) is 0. The molecule has 6 nitrogen and oxygen atoms in total. The Morgan fingerprint density at radius 1 is 1.50 bits per heavy atom. The molecule has 1 saturated heterocycles. The highest BCUT2D eigenvalue weighted by atomic mass is 16.5. The Labute approximate surface area is 93.9 Å². The summed E-state index contributed by atoms with van der Waals surface area (Å²) >= 11 is 0. The van der Waals surface area contributed by atoms with E-state index in [2.05, 4.69) is 5.32 Å². The predicted octanol–water partition coefficient (Wildman–Crippen LogP) is -0.713. The molecule has 6 heteroatoms. The highest BCUT2D eigenvalue weighted by Gasteiger charge is 2.43. The van der Waals surface area contributed by atoms with Gasteiger partial charge in [0.1, 0.15) is 18.7 Å². The Morgan fingerprint density at radius 3 is 2.69 bits per heavy atom. The quantitative estimate of drug-likeness (QED) is 0.647. The molecule has 0 aromatic rings. The molecular weight excluding hydrogens is 212 g/mol. The number of carbonyl (C=O) groups excluding carboxylic acids is 3. The van der Waals surface area contributed by atoms with E-state index in [1.54, 1.807) is 20.8 Å². The second-order valence-electron chi connectivity index (χ2n) is 4.05. The van der Waals surface area contributed by atoms with Crippen LogP contribution in [0.1, 0.15) is 20.8 Å². The van der Waals surface area contributed by atoms with Crippen molar-refractivity contribution in [3.8, 4) is 0 Å². The Bertz CT molecular complexity index is 325. The molecule has 90 valence electrons. The van der Waals surface area contributed by atoms with Crippen molar-refractivity contribution in [3.63, 3.8) is 0 Å². The summed E-state index contributed by atoms with van der Waals surface area (Å²) < 4.78 is 4.98. The molecule has 0 radical (unpaired) electrons. The summed E-state index contributed by atoms with van der Waals surface area (Å²) in [6.07, 6.45) is 0. The standard InChI is InChI=1S/C10H16N2O4/c1-4-16-6-8(14)12-5-7(13)11-9(15)10(12,2)3/h4-6H2,1-3H3,(H,11,13,15). The normalized spacial score (nSPS) is 19.6. The van der Waals surface area contributed by atoms with Crippen LogP contribution in [0.25, 0.3) is 0 Å². The number of ether oxygens (including phenoxy) is 1. The largest absolute Gasteiger partial charge is 0.372 e. The average Bonchev–Trinajstić information content (AvgIpc) is 2.20. The molecule has 16 heavy (non-hydrogen) atoms. The van der Waals surface area contributed by atoms with Crippen LogP contribution in [0.2, 0.25) is 0 Å². The Hall–Kier alpha value is -1.43. The first-order chi connectivity index (χ1) is 7.39. The third kappa shape index (κ3) is 2.38. The smallest absolute Gasteiger partial charge is 0.252 e. The zero-order valence-corrected chi connectivity index (χ0v) is 9.70. The van der Waals surface area contributed by atoms with Gasteiger partial charge in [-0.15, -0.1) is 0 Å². The van der Waals surface area contributed by atoms with E-state index >= 15 is 0 Å². The average molecular weight is 228 g/mol. The van der Waals surface area contributed by atoms with Gasteiger partial charge in [-0.25, -0.2) is 0 Å². The number of nitrogens with one attached hydrogen (secondary N) is 1. The number of hydrogen-bond donors (Lipinski definition) is 1. The molecule has 0 aliphatic carbocycles. The van der Waals surface area contributed by atoms with Crippen LogP contribution < -0.4 is 5.32 Å². The fourth-order valence-electron chi connectivity index (χ4n) is 1.45. The van der Waals surface area contributed by atoms with Crippen molar-refractivity contribution < 1.29 is 19.1 Å². The van der Waals surface area contributed by atoms with Crippen LogP contribution in [0.3, 0.4) is 0 Å². The molecular formula is C10H16N2O4. The molecule has 1 fully saturated rings. The topological polar surface area (TPSA) is 75.7 Å². The molecule has 1 N–H and O–H groups in total. The third-order valence-electron chi connectivity index (χ3n) is 2.52. The van der Waals surface area contributed by atoms with Crippen LogP contribution in [-0.4, -0.2) is 47.9 Å². The van der Waals surface area contributed by atoms with E-state index in [4.69, 9.17) is 4.74 Å². The van der Waals surface area contributed by atoms with Gasteiger partial charge < -0.3 is 9.64 Å². The lowest BCUT2D eigenvalue weighted by molar-refractivity contribution is -0.157. The number of rotatable bonds is 3. The molecule has 0 spiro atoms. The highest BCUT2D eigenvalue weighted by Crippen LogP contribution is 2.18. The minimum atomic E-state index is -1.01. The molecule has 3 amide bonds. The highest BCUT2D eigenvalue weighted by molar-refractivity contribution is 6.06. The molecule has 0 aromatic heterocycles. The maximum atomic E-state index is 11.7. The lowest BCUT2D eigenvalue weighted by Gasteiger charge is -2.39. The van der Waals surface area contributed by atoms with Crippen LogP contribution in [0, 0.1) is 0 Å². The fraction of sp³-hybridized carbons (Fsp3) is 0.700. The van der Waals surface area contributed by atoms with Gasteiger partial charge in [0.2, 0.25) is 11.8 Å². The molecule has 1 rings (SSSR count). The van der Waals surface area contributed by atoms with E-state index < -0.39 is 17.4 Å². The van der Waals surface area contributed by atoms with E-state index in [1.165, 1.54) is 4.90 Å². The lowest BCUT2D eigenvalue weighted by atomic mass is 9.99. The van der Waals surface area contributed by atoms with Crippen LogP contribution in [0.5, 0.6) is 0 Å². The van der Waals surface area contributed by atoms with Crippen molar-refractivity contribution in [1.29, 1.82) is 0 Å². The fourth-order valence-corrected chi connectivity index (χ4v) is 1.45. The van der Waals surface area contributed by atoms with Gasteiger partial charge in [0, 0.05) is 6.61 Å². The molecule has 0 atom stereocenters. The van der Waals surface area contributed by atoms with Gasteiger partial charge >= 0.3 is 0 Å². The lowest BCUT2D eigenvalue weighted by Crippen LogP contribution is -2.66. The van der Waals surface area contributed by atoms with Crippen molar-refractivity contribution in [2.24, 2.45) is 0 Å². The van der Waals surface area contributed by atoms with Gasteiger partial charge in [0.05, 0.1) is 0 Å². The SMILES string of the molecule is CCOCC(=O)N1CC(=O)NC(=O)C1(C)C. The Balaban J connectivity index is 2.79. The number of nitrogens with zero attached hydrogens (tertiary/aromatic N) is 1. The Kier molecular flexibility index (Phi) is 3.64. The van der Waals surface area contributed by atoms with Gasteiger partial charge in [-0.3, -0.25) is 19.7 Å². The van der Waals surface area contributed by atoms with Crippen LogP contribution >= 0.6 is 0 Å². The van der Waals surface area contributed by atoms with Gasteiger partial charge in [0.25, 0.3) is 5.91 Å². The van der Waals surface area contributed by atoms with Crippen molar-refractivity contribution in [2.45, 2.75) is 26.3 Å². The monoisotopic (exact) mass is 228 g/mol. The van der Waals surface area contributed by atoms with Crippen molar-refractivity contribution in [3.05, 3.63) is 0 Å². The first kappa shape index (κ1) is 12.6. The molecule has 0 saturated carbocycles. The number of amides is 3. The van der Waals surface area contributed by atoms with Gasteiger partial charge in [-0.2, -0.15) is 0 Å². The number of imide groups is 1. The van der Waals surface area contributed by atoms with Crippen molar-refractivity contribution in [1.82, 2.24) is 10.2 Å². The summed E-state index contributed by atoms with van der Waals surface area (Å²) in [5.41, 5.74) is -1.01. The van der Waals surface area contributed by atoms with Crippen LogP contribution in [0.15, 0.2) is 0 Å². The third-order valence-corrected chi connectivity index (χ3v) is 2.52. The minimum Gasteiger partial charge on any atom is -0.372 e. The zero-order chi connectivity index (χ0) is 12.3. The second-order valence-corrected chi connectivity index (χ2v) is 4.05. The summed E-state index contributed by atoms with van der Waals surface area (Å²) in [6.45, 7) is 5.16. The Morgan fingerprint density at radius 2 is 2.12 bits per heavy atom. The molecule has 0 unspecified atom stereocenters. The van der Waals surface area contributed by atoms with Gasteiger partial charge in [0.15, 0.2) is 0 Å². The summed E-state index contributed by atoms with van der Waals surface area (Å²) in [5, 5.41) is 2.20. The van der Waals surface area contributed by atoms with E-state index in [9.17, 15) is 14.4 Å². The first-order valence-corrected chi connectivity index (χ1v) is 5.12. The van der Waals surface area contributed by atoms with Crippen molar-refractivity contribution in [2.75, 3.05) is 19.8 Å². The summed E-state index contributed by atoms with van der Waals surface area (Å²) in [6, 6.07) is 0. The number of carbonyl (C=O) groups is 3. The molecule has 1 aliphatic heterocycles. The summed E-state index contributed by atoms with van der Waals surface area (Å²) in [5.74, 6) is -1.28. The van der Waals surface area contributed by atoms with Crippen LogP contribution in [0.4, 0.5) is 0 Å². The molecule has 0 bridgehead atoms. The zero-order valence-electron chi connectivity index (χ0n) is 9.70. The van der Waals surface area contributed by atoms with E-state index in [0.717, 1.165) is 0 Å². The number of piperazine rings is 1. The number of hydrogen-bond acceptors (Lipinski definition) is 4. The maximum absolute atomic E-state index is 11.7. The van der Waals surface area contributed by atoms with E-state index in [1.807, 2.05) is 0 Å². The molecule has 0 aromatic carbocycles. The van der Waals surface area contributed by atoms with Crippen LogP contribution in [-0.2, 0) is 19.1 Å². The first-order valence-electron chi connectivity index (χ1n) is 5.12. The maximum Gasteiger partial charge on any atom is 0.252 e. The molecule has 1 aliphatic rings. The second kappa shape index (κ2) is 4.61. The van der Waals surface area contributed by atoms with Crippen molar-refractivity contribution >= 4 is 17.7 Å². The van der Waals surface area contributed by atoms with E-state index in [0.29, 0.717) is 6.61 Å². The molecule has 1 heterocycles. The predicted molar refractivity (Wildman–Crippen MR) is 55.4 cm³/mol. The van der Waals surface area contributed by atoms with Gasteiger partial charge in [-0.1, -0.05) is 0 Å². The minimum absolute atomic E-state index is 0.107. The summed E-state index contributed by atoms with van der Waals surface area (Å²) in [4.78, 5) is 35.7. The van der Waals surface area contributed by atoms with Gasteiger partial charge in [-0.05, 0) is 20.8 Å². The van der Waals surface area contributed by atoms with E-state index in [-0.39, 0.29) is 19.1 Å².